The normalized spacial score (nSPS) is 10.9. The summed E-state index contributed by atoms with van der Waals surface area (Å²) in [5.41, 5.74) is 1.84. The van der Waals surface area contributed by atoms with Gasteiger partial charge in [-0.25, -0.2) is 0 Å². The van der Waals surface area contributed by atoms with Gasteiger partial charge >= 0.3 is 0 Å². The van der Waals surface area contributed by atoms with Gasteiger partial charge in [0.25, 0.3) is 5.91 Å². The SMILES string of the molecule is CCOc1cccc(NC(=O)C(C#N)=Cc2ccc(OCc3ccc(Cl)cc3Cl)c(OC)c2)c1. The van der Waals surface area contributed by atoms with Gasteiger partial charge in [-0.15, -0.1) is 0 Å². The molecule has 0 aliphatic carbocycles. The van der Waals surface area contributed by atoms with Crippen LogP contribution in [0.1, 0.15) is 18.1 Å². The van der Waals surface area contributed by atoms with Crippen molar-refractivity contribution in [3.05, 3.63) is 87.4 Å². The second-order valence-corrected chi connectivity index (χ2v) is 7.86. The number of nitriles is 1. The van der Waals surface area contributed by atoms with Crippen molar-refractivity contribution in [1.82, 2.24) is 0 Å². The zero-order valence-electron chi connectivity index (χ0n) is 18.6. The Bertz CT molecular complexity index is 1250. The number of carbonyl (C=O) groups excluding carboxylic acids is 1. The van der Waals surface area contributed by atoms with Crippen LogP contribution < -0.4 is 19.5 Å². The molecular weight excluding hydrogens is 475 g/mol. The Morgan fingerprint density at radius 3 is 2.59 bits per heavy atom. The van der Waals surface area contributed by atoms with Gasteiger partial charge in [-0.05, 0) is 55.0 Å². The Kier molecular flexibility index (Phi) is 8.80. The van der Waals surface area contributed by atoms with E-state index in [1.807, 2.05) is 13.0 Å². The number of carbonyl (C=O) groups is 1. The number of nitrogens with zero attached hydrogens (tertiary/aromatic N) is 1. The molecule has 0 atom stereocenters. The molecule has 0 bridgehead atoms. The second kappa shape index (κ2) is 12.0. The van der Waals surface area contributed by atoms with Gasteiger partial charge in [0.1, 0.15) is 24.0 Å². The second-order valence-electron chi connectivity index (χ2n) is 7.02. The van der Waals surface area contributed by atoms with E-state index in [0.717, 1.165) is 5.56 Å². The van der Waals surface area contributed by atoms with Crippen LogP contribution in [0.4, 0.5) is 5.69 Å². The summed E-state index contributed by atoms with van der Waals surface area (Å²) in [6.07, 6.45) is 1.48. The maximum absolute atomic E-state index is 12.6. The summed E-state index contributed by atoms with van der Waals surface area (Å²) in [6.45, 7) is 2.60. The third kappa shape index (κ3) is 6.67. The third-order valence-corrected chi connectivity index (χ3v) is 5.25. The lowest BCUT2D eigenvalue weighted by Gasteiger charge is -2.12. The molecule has 3 rings (SSSR count). The number of rotatable bonds is 9. The summed E-state index contributed by atoms with van der Waals surface area (Å²) in [6, 6.07) is 19.2. The average Bonchev–Trinajstić information content (AvgIpc) is 2.82. The van der Waals surface area contributed by atoms with Crippen molar-refractivity contribution in [3.8, 4) is 23.3 Å². The number of anilines is 1. The lowest BCUT2D eigenvalue weighted by Crippen LogP contribution is -2.13. The van der Waals surface area contributed by atoms with E-state index in [4.69, 9.17) is 37.4 Å². The molecule has 6 nitrogen and oxygen atoms in total. The first-order chi connectivity index (χ1) is 16.4. The van der Waals surface area contributed by atoms with Crippen molar-refractivity contribution >= 4 is 40.9 Å². The average molecular weight is 497 g/mol. The lowest BCUT2D eigenvalue weighted by atomic mass is 10.1. The minimum absolute atomic E-state index is 0.0644. The van der Waals surface area contributed by atoms with Crippen molar-refractivity contribution in [2.75, 3.05) is 19.0 Å². The molecule has 0 saturated heterocycles. The fraction of sp³-hybridized carbons (Fsp3) is 0.154. The lowest BCUT2D eigenvalue weighted by molar-refractivity contribution is -0.112. The van der Waals surface area contributed by atoms with Crippen LogP contribution in [0, 0.1) is 11.3 Å². The van der Waals surface area contributed by atoms with Gasteiger partial charge in [0, 0.05) is 27.4 Å². The molecule has 1 N–H and O–H groups in total. The van der Waals surface area contributed by atoms with Gasteiger partial charge in [-0.2, -0.15) is 5.26 Å². The molecule has 0 saturated carbocycles. The standard InChI is InChI=1S/C26H22Cl2N2O4/c1-3-33-22-6-4-5-21(14-22)30-26(31)19(15-29)11-17-7-10-24(25(12-17)32-2)34-16-18-8-9-20(27)13-23(18)28/h4-14H,3,16H2,1-2H3,(H,30,31). The van der Waals surface area contributed by atoms with Gasteiger partial charge in [0.2, 0.25) is 0 Å². The third-order valence-electron chi connectivity index (χ3n) is 4.66. The maximum Gasteiger partial charge on any atom is 0.266 e. The molecule has 0 unspecified atom stereocenters. The van der Waals surface area contributed by atoms with E-state index in [1.165, 1.54) is 13.2 Å². The predicted molar refractivity (Wildman–Crippen MR) is 134 cm³/mol. The Morgan fingerprint density at radius 1 is 1.06 bits per heavy atom. The summed E-state index contributed by atoms with van der Waals surface area (Å²) in [7, 11) is 1.51. The molecule has 1 amide bonds. The molecule has 0 fully saturated rings. The number of ether oxygens (including phenoxy) is 3. The maximum atomic E-state index is 12.6. The van der Waals surface area contributed by atoms with Crippen LogP contribution in [-0.2, 0) is 11.4 Å². The topological polar surface area (TPSA) is 80.6 Å². The van der Waals surface area contributed by atoms with E-state index in [-0.39, 0.29) is 12.2 Å². The van der Waals surface area contributed by atoms with E-state index in [1.54, 1.807) is 60.7 Å². The number of methoxy groups -OCH3 is 1. The molecule has 0 aromatic heterocycles. The summed E-state index contributed by atoms with van der Waals surface area (Å²) in [4.78, 5) is 12.6. The molecule has 0 aliphatic heterocycles. The van der Waals surface area contributed by atoms with Crippen LogP contribution in [-0.4, -0.2) is 19.6 Å². The Balaban J connectivity index is 1.75. The highest BCUT2D eigenvalue weighted by Crippen LogP contribution is 2.31. The monoisotopic (exact) mass is 496 g/mol. The minimum Gasteiger partial charge on any atom is -0.494 e. The predicted octanol–water partition coefficient (Wildman–Crippen LogP) is 6.53. The Labute approximate surface area is 208 Å². The van der Waals surface area contributed by atoms with E-state index < -0.39 is 5.91 Å². The molecule has 0 spiro atoms. The van der Waals surface area contributed by atoms with Crippen molar-refractivity contribution in [2.45, 2.75) is 13.5 Å². The zero-order chi connectivity index (χ0) is 24.5. The van der Waals surface area contributed by atoms with Crippen LogP contribution >= 0.6 is 23.2 Å². The number of hydrogen-bond acceptors (Lipinski definition) is 5. The largest absolute Gasteiger partial charge is 0.494 e. The summed E-state index contributed by atoms with van der Waals surface area (Å²) in [5, 5.41) is 13.3. The van der Waals surface area contributed by atoms with Crippen LogP contribution in [0.25, 0.3) is 6.08 Å². The zero-order valence-corrected chi connectivity index (χ0v) is 20.1. The smallest absolute Gasteiger partial charge is 0.266 e. The van der Waals surface area contributed by atoms with E-state index >= 15 is 0 Å². The first-order valence-electron chi connectivity index (χ1n) is 10.3. The van der Waals surface area contributed by atoms with Crippen LogP contribution in [0.5, 0.6) is 17.2 Å². The van der Waals surface area contributed by atoms with Crippen LogP contribution in [0.2, 0.25) is 10.0 Å². The summed E-state index contributed by atoms with van der Waals surface area (Å²) < 4.78 is 16.7. The summed E-state index contributed by atoms with van der Waals surface area (Å²) >= 11 is 12.1. The highest BCUT2D eigenvalue weighted by Gasteiger charge is 2.12. The van der Waals surface area contributed by atoms with Crippen molar-refractivity contribution in [2.24, 2.45) is 0 Å². The van der Waals surface area contributed by atoms with Crippen molar-refractivity contribution in [1.29, 1.82) is 5.26 Å². The van der Waals surface area contributed by atoms with Gasteiger partial charge < -0.3 is 19.5 Å². The Hall–Kier alpha value is -3.66. The quantitative estimate of drug-likeness (QED) is 0.269. The van der Waals surface area contributed by atoms with Gasteiger partial charge in [0.05, 0.1) is 13.7 Å². The first kappa shape index (κ1) is 25.0. The van der Waals surface area contributed by atoms with Crippen LogP contribution in [0.15, 0.2) is 66.2 Å². The van der Waals surface area contributed by atoms with E-state index in [2.05, 4.69) is 5.32 Å². The molecule has 174 valence electrons. The molecule has 3 aromatic rings. The first-order valence-corrected chi connectivity index (χ1v) is 11.1. The van der Waals surface area contributed by atoms with Gasteiger partial charge in [-0.3, -0.25) is 4.79 Å². The Morgan fingerprint density at radius 2 is 1.88 bits per heavy atom. The van der Waals surface area contributed by atoms with Crippen molar-refractivity contribution < 1.29 is 19.0 Å². The molecule has 34 heavy (non-hydrogen) atoms. The number of amides is 1. The summed E-state index contributed by atoms with van der Waals surface area (Å²) in [5.74, 6) is 1.03. The van der Waals surface area contributed by atoms with E-state index in [9.17, 15) is 10.1 Å². The highest BCUT2D eigenvalue weighted by molar-refractivity contribution is 6.35. The molecule has 8 heteroatoms. The minimum atomic E-state index is -0.534. The molecular formula is C26H22Cl2N2O4. The van der Waals surface area contributed by atoms with Gasteiger partial charge in [-0.1, -0.05) is 41.4 Å². The molecule has 0 aliphatic rings. The van der Waals surface area contributed by atoms with Gasteiger partial charge in [0.15, 0.2) is 11.5 Å². The molecule has 0 radical (unpaired) electrons. The highest BCUT2D eigenvalue weighted by atomic mass is 35.5. The molecule has 0 heterocycles. The molecule has 3 aromatic carbocycles. The van der Waals surface area contributed by atoms with E-state index in [0.29, 0.717) is 45.2 Å². The number of nitrogens with one attached hydrogen (secondary N) is 1. The fourth-order valence-electron chi connectivity index (χ4n) is 3.03. The van der Waals surface area contributed by atoms with Crippen molar-refractivity contribution in [3.63, 3.8) is 0 Å². The number of benzene rings is 3. The number of hydrogen-bond donors (Lipinski definition) is 1. The fourth-order valence-corrected chi connectivity index (χ4v) is 3.49. The van der Waals surface area contributed by atoms with Crippen LogP contribution in [0.3, 0.4) is 0 Å². The number of halogens is 2.